The highest BCUT2D eigenvalue weighted by Crippen LogP contribution is 2.14. The van der Waals surface area contributed by atoms with Crippen LogP contribution in [-0.4, -0.2) is 51.2 Å². The Kier molecular flexibility index (Phi) is 5.88. The van der Waals surface area contributed by atoms with Gasteiger partial charge in [-0.25, -0.2) is 12.8 Å². The maximum Gasteiger partial charge on any atom is 0.242 e. The summed E-state index contributed by atoms with van der Waals surface area (Å²) in [6.45, 7) is 2.62. The average Bonchev–Trinajstić information content (AvgIpc) is 2.63. The SMILES string of the molecule is CS(=O)(=O)c1ccc(CN2CCNC(C(=O)Nc3ccc(F)cc3)C2)cc1. The first-order valence-electron chi connectivity index (χ1n) is 8.62. The molecule has 0 bridgehead atoms. The molecule has 2 aromatic rings. The number of benzene rings is 2. The van der Waals surface area contributed by atoms with Crippen LogP contribution >= 0.6 is 0 Å². The molecule has 0 aromatic heterocycles. The molecule has 3 rings (SSSR count). The first kappa shape index (κ1) is 19.5. The molecule has 1 aliphatic heterocycles. The van der Waals surface area contributed by atoms with Gasteiger partial charge in [-0.15, -0.1) is 0 Å². The standard InChI is InChI=1S/C19H22FN3O3S/c1-27(25,26)17-8-2-14(3-9-17)12-23-11-10-21-18(13-23)19(24)22-16-6-4-15(20)5-7-16/h2-9,18,21H,10-13H2,1H3,(H,22,24). The van der Waals surface area contributed by atoms with E-state index in [0.29, 0.717) is 30.2 Å². The number of piperazine rings is 1. The molecule has 0 spiro atoms. The quantitative estimate of drug-likeness (QED) is 0.810. The number of hydrogen-bond donors (Lipinski definition) is 2. The van der Waals surface area contributed by atoms with Gasteiger partial charge in [0, 0.05) is 38.1 Å². The fourth-order valence-corrected chi connectivity index (χ4v) is 3.62. The second kappa shape index (κ2) is 8.16. The highest BCUT2D eigenvalue weighted by molar-refractivity contribution is 7.90. The molecule has 0 aliphatic carbocycles. The predicted octanol–water partition coefficient (Wildman–Crippen LogP) is 1.64. The first-order chi connectivity index (χ1) is 12.8. The van der Waals surface area contributed by atoms with E-state index in [4.69, 9.17) is 0 Å². The summed E-state index contributed by atoms with van der Waals surface area (Å²) in [4.78, 5) is 14.9. The summed E-state index contributed by atoms with van der Waals surface area (Å²) in [5, 5.41) is 5.97. The molecule has 8 heteroatoms. The molecule has 1 unspecified atom stereocenters. The van der Waals surface area contributed by atoms with Gasteiger partial charge in [0.25, 0.3) is 0 Å². The molecule has 1 saturated heterocycles. The Balaban J connectivity index is 1.58. The Bertz CT molecular complexity index is 899. The summed E-state index contributed by atoms with van der Waals surface area (Å²) in [5.74, 6) is -0.518. The van der Waals surface area contributed by atoms with Crippen molar-refractivity contribution in [3.05, 3.63) is 59.9 Å². The summed E-state index contributed by atoms with van der Waals surface area (Å²) in [6.07, 6.45) is 1.18. The van der Waals surface area contributed by atoms with E-state index in [0.717, 1.165) is 12.1 Å². The number of carbonyl (C=O) groups excluding carboxylic acids is 1. The van der Waals surface area contributed by atoms with Crippen LogP contribution in [-0.2, 0) is 21.2 Å². The second-order valence-electron chi connectivity index (χ2n) is 6.65. The molecule has 0 saturated carbocycles. The molecule has 1 atom stereocenters. The minimum atomic E-state index is -3.21. The van der Waals surface area contributed by atoms with E-state index in [9.17, 15) is 17.6 Å². The van der Waals surface area contributed by atoms with E-state index >= 15 is 0 Å². The number of sulfone groups is 1. The summed E-state index contributed by atoms with van der Waals surface area (Å²) in [5.41, 5.74) is 1.54. The number of halogens is 1. The molecule has 1 fully saturated rings. The Morgan fingerprint density at radius 2 is 1.85 bits per heavy atom. The van der Waals surface area contributed by atoms with E-state index in [-0.39, 0.29) is 17.8 Å². The number of amides is 1. The van der Waals surface area contributed by atoms with Crippen molar-refractivity contribution >= 4 is 21.4 Å². The van der Waals surface area contributed by atoms with Crippen LogP contribution in [0.5, 0.6) is 0 Å². The van der Waals surface area contributed by atoms with Gasteiger partial charge in [0.15, 0.2) is 9.84 Å². The smallest absolute Gasteiger partial charge is 0.242 e. The molecule has 1 aliphatic rings. The van der Waals surface area contributed by atoms with Crippen LogP contribution in [0.25, 0.3) is 0 Å². The summed E-state index contributed by atoms with van der Waals surface area (Å²) in [6, 6.07) is 12.1. The molecule has 1 heterocycles. The molecule has 0 radical (unpaired) electrons. The van der Waals surface area contributed by atoms with Gasteiger partial charge in [-0.2, -0.15) is 0 Å². The number of nitrogens with zero attached hydrogens (tertiary/aromatic N) is 1. The van der Waals surface area contributed by atoms with Crippen molar-refractivity contribution in [2.24, 2.45) is 0 Å². The minimum absolute atomic E-state index is 0.168. The molecule has 6 nitrogen and oxygen atoms in total. The van der Waals surface area contributed by atoms with Gasteiger partial charge in [-0.05, 0) is 42.0 Å². The summed E-state index contributed by atoms with van der Waals surface area (Å²) < 4.78 is 36.0. The van der Waals surface area contributed by atoms with Gasteiger partial charge in [-0.3, -0.25) is 9.69 Å². The van der Waals surface area contributed by atoms with Crippen LogP contribution in [0.4, 0.5) is 10.1 Å². The van der Waals surface area contributed by atoms with Crippen molar-refractivity contribution < 1.29 is 17.6 Å². The maximum atomic E-state index is 13.0. The molecule has 2 aromatic carbocycles. The van der Waals surface area contributed by atoms with Gasteiger partial charge >= 0.3 is 0 Å². The average molecular weight is 391 g/mol. The largest absolute Gasteiger partial charge is 0.325 e. The van der Waals surface area contributed by atoms with Crippen LogP contribution in [0.1, 0.15) is 5.56 Å². The molecule has 1 amide bonds. The zero-order valence-corrected chi connectivity index (χ0v) is 15.8. The van der Waals surface area contributed by atoms with Gasteiger partial charge in [0.2, 0.25) is 5.91 Å². The zero-order chi connectivity index (χ0) is 19.4. The Hall–Kier alpha value is -2.29. The normalized spacial score (nSPS) is 18.2. The topological polar surface area (TPSA) is 78.5 Å². The molecule has 27 heavy (non-hydrogen) atoms. The number of rotatable bonds is 5. The van der Waals surface area contributed by atoms with Gasteiger partial charge < -0.3 is 10.6 Å². The summed E-state index contributed by atoms with van der Waals surface area (Å²) >= 11 is 0. The van der Waals surface area contributed by atoms with Crippen molar-refractivity contribution in [2.45, 2.75) is 17.5 Å². The third-order valence-corrected chi connectivity index (χ3v) is 5.57. The third kappa shape index (κ3) is 5.35. The lowest BCUT2D eigenvalue weighted by molar-refractivity contribution is -0.119. The van der Waals surface area contributed by atoms with Gasteiger partial charge in [0.1, 0.15) is 5.82 Å². The lowest BCUT2D eigenvalue weighted by atomic mass is 10.1. The van der Waals surface area contributed by atoms with E-state index in [2.05, 4.69) is 15.5 Å². The van der Waals surface area contributed by atoms with Gasteiger partial charge in [0.05, 0.1) is 10.9 Å². The van der Waals surface area contributed by atoms with Crippen LogP contribution in [0.3, 0.4) is 0 Å². The lowest BCUT2D eigenvalue weighted by Gasteiger charge is -2.33. The van der Waals surface area contributed by atoms with E-state index in [1.807, 2.05) is 0 Å². The Morgan fingerprint density at radius 3 is 2.48 bits per heavy atom. The highest BCUT2D eigenvalue weighted by atomic mass is 32.2. The fraction of sp³-hybridized carbons (Fsp3) is 0.316. The minimum Gasteiger partial charge on any atom is -0.325 e. The van der Waals surface area contributed by atoms with Crippen molar-refractivity contribution in [3.63, 3.8) is 0 Å². The third-order valence-electron chi connectivity index (χ3n) is 4.45. The molecular formula is C19H22FN3O3S. The number of hydrogen-bond acceptors (Lipinski definition) is 5. The Morgan fingerprint density at radius 1 is 1.19 bits per heavy atom. The zero-order valence-electron chi connectivity index (χ0n) is 15.0. The van der Waals surface area contributed by atoms with Crippen LogP contribution < -0.4 is 10.6 Å². The number of carbonyl (C=O) groups is 1. The summed E-state index contributed by atoms with van der Waals surface area (Å²) in [7, 11) is -3.21. The van der Waals surface area contributed by atoms with E-state index in [1.54, 1.807) is 24.3 Å². The lowest BCUT2D eigenvalue weighted by Crippen LogP contribution is -2.55. The molecule has 144 valence electrons. The first-order valence-corrected chi connectivity index (χ1v) is 10.5. The van der Waals surface area contributed by atoms with Crippen molar-refractivity contribution in [3.8, 4) is 0 Å². The van der Waals surface area contributed by atoms with E-state index < -0.39 is 9.84 Å². The van der Waals surface area contributed by atoms with E-state index in [1.165, 1.54) is 30.5 Å². The number of nitrogens with one attached hydrogen (secondary N) is 2. The molecular weight excluding hydrogens is 369 g/mol. The second-order valence-corrected chi connectivity index (χ2v) is 8.67. The molecule has 2 N–H and O–H groups in total. The maximum absolute atomic E-state index is 13.0. The van der Waals surface area contributed by atoms with Gasteiger partial charge in [-0.1, -0.05) is 12.1 Å². The van der Waals surface area contributed by atoms with Crippen molar-refractivity contribution in [1.82, 2.24) is 10.2 Å². The Labute approximate surface area is 158 Å². The van der Waals surface area contributed by atoms with Crippen LogP contribution in [0.2, 0.25) is 0 Å². The number of anilines is 1. The fourth-order valence-electron chi connectivity index (χ4n) is 2.99. The van der Waals surface area contributed by atoms with Crippen LogP contribution in [0.15, 0.2) is 53.4 Å². The monoisotopic (exact) mass is 391 g/mol. The van der Waals surface area contributed by atoms with Crippen molar-refractivity contribution in [2.75, 3.05) is 31.2 Å². The van der Waals surface area contributed by atoms with Crippen LogP contribution in [0, 0.1) is 5.82 Å². The van der Waals surface area contributed by atoms with Crippen molar-refractivity contribution in [1.29, 1.82) is 0 Å². The predicted molar refractivity (Wildman–Crippen MR) is 102 cm³/mol. The highest BCUT2D eigenvalue weighted by Gasteiger charge is 2.25.